The van der Waals surface area contributed by atoms with Gasteiger partial charge >= 0.3 is 12.2 Å². The predicted molar refractivity (Wildman–Crippen MR) is 126 cm³/mol. The smallest absolute Gasteiger partial charge is 0.416 e. The number of urea groups is 1. The number of aliphatic hydroxyl groups is 1. The topological polar surface area (TPSA) is 104 Å². The Hall–Kier alpha value is -3.93. The van der Waals surface area contributed by atoms with Gasteiger partial charge in [0.15, 0.2) is 11.6 Å². The zero-order chi connectivity index (χ0) is 25.3. The molecular weight excluding hydrogens is 477 g/mol. The third kappa shape index (κ3) is 4.76. The van der Waals surface area contributed by atoms with Crippen LogP contribution < -0.4 is 19.9 Å². The molecule has 2 amide bonds. The number of anilines is 3. The third-order valence-electron chi connectivity index (χ3n) is 6.06. The van der Waals surface area contributed by atoms with Gasteiger partial charge in [-0.25, -0.2) is 9.78 Å². The summed E-state index contributed by atoms with van der Waals surface area (Å²) in [6.45, 7) is 1.59. The monoisotopic (exact) mass is 500 g/mol. The molecule has 0 unspecified atom stereocenters. The normalized spacial score (nSPS) is 16.6. The van der Waals surface area contributed by atoms with Crippen molar-refractivity contribution in [3.63, 3.8) is 0 Å². The first-order valence-corrected chi connectivity index (χ1v) is 11.4. The summed E-state index contributed by atoms with van der Waals surface area (Å²) in [5, 5.41) is 11.6. The van der Waals surface area contributed by atoms with E-state index in [4.69, 9.17) is 9.84 Å². The van der Waals surface area contributed by atoms with Crippen LogP contribution in [0.15, 0.2) is 48.8 Å². The lowest BCUT2D eigenvalue weighted by Gasteiger charge is -2.35. The maximum Gasteiger partial charge on any atom is 0.416 e. The molecule has 0 spiro atoms. The van der Waals surface area contributed by atoms with Gasteiger partial charge in [0.05, 0.1) is 42.0 Å². The molecule has 36 heavy (non-hydrogen) atoms. The van der Waals surface area contributed by atoms with Crippen LogP contribution in [-0.2, 0) is 6.18 Å². The first-order chi connectivity index (χ1) is 17.3. The lowest BCUT2D eigenvalue weighted by molar-refractivity contribution is -0.137. The van der Waals surface area contributed by atoms with Crippen molar-refractivity contribution in [3.8, 4) is 17.1 Å². The Morgan fingerprint density at radius 1 is 1.19 bits per heavy atom. The maximum absolute atomic E-state index is 13.4. The molecule has 1 saturated heterocycles. The minimum absolute atomic E-state index is 0.0217. The Labute approximate surface area is 204 Å². The number of halogens is 3. The molecule has 2 aliphatic heterocycles. The molecule has 2 N–H and O–H groups in total. The Balaban J connectivity index is 1.44. The summed E-state index contributed by atoms with van der Waals surface area (Å²) in [6, 6.07) is 7.79. The van der Waals surface area contributed by atoms with Crippen LogP contribution in [0.2, 0.25) is 0 Å². The van der Waals surface area contributed by atoms with E-state index in [0.717, 1.165) is 30.8 Å². The number of nitrogens with one attached hydrogen (secondary N) is 1. The quantitative estimate of drug-likeness (QED) is 0.494. The average Bonchev–Trinajstić information content (AvgIpc) is 3.28. The van der Waals surface area contributed by atoms with Gasteiger partial charge in [0.2, 0.25) is 5.88 Å². The minimum atomic E-state index is -4.47. The lowest BCUT2D eigenvalue weighted by Crippen LogP contribution is -2.48. The number of benzene rings is 1. The zero-order valence-electron chi connectivity index (χ0n) is 19.1. The number of carbonyl (C=O) groups is 1. The number of aromatic nitrogens is 3. The van der Waals surface area contributed by atoms with Crippen molar-refractivity contribution in [2.75, 3.05) is 41.4 Å². The number of aliphatic hydroxyl groups excluding tert-OH is 1. The highest BCUT2D eigenvalue weighted by Gasteiger charge is 2.40. The second-order valence-electron chi connectivity index (χ2n) is 8.47. The summed E-state index contributed by atoms with van der Waals surface area (Å²) in [4.78, 5) is 29.9. The fourth-order valence-corrected chi connectivity index (χ4v) is 4.38. The van der Waals surface area contributed by atoms with Crippen molar-refractivity contribution in [2.24, 2.45) is 0 Å². The SMILES string of the molecule is O=C(Nc1cncc(OCCCO)n1)N1c2nc(-c3cccc(C(F)(F)F)c3)ccc2N2CC[C@H]1C2. The molecule has 188 valence electrons. The zero-order valence-corrected chi connectivity index (χ0v) is 19.1. The Morgan fingerprint density at radius 2 is 2.06 bits per heavy atom. The van der Waals surface area contributed by atoms with E-state index >= 15 is 0 Å². The number of ether oxygens (including phenoxy) is 1. The van der Waals surface area contributed by atoms with Crippen LogP contribution in [0.25, 0.3) is 11.3 Å². The molecule has 2 aliphatic rings. The fourth-order valence-electron chi connectivity index (χ4n) is 4.38. The number of hydrogen-bond acceptors (Lipinski definition) is 7. The molecule has 3 aromatic rings. The molecule has 0 radical (unpaired) electrons. The fraction of sp³-hybridized carbons (Fsp3) is 0.333. The van der Waals surface area contributed by atoms with E-state index in [2.05, 4.69) is 25.2 Å². The molecule has 12 heteroatoms. The number of pyridine rings is 1. The van der Waals surface area contributed by atoms with E-state index in [-0.39, 0.29) is 31.0 Å². The second kappa shape index (κ2) is 9.61. The van der Waals surface area contributed by atoms with Crippen LogP contribution in [0, 0.1) is 0 Å². The van der Waals surface area contributed by atoms with Crippen molar-refractivity contribution in [1.29, 1.82) is 0 Å². The number of carbonyl (C=O) groups excluding carboxylic acids is 1. The number of hydrogen-bond donors (Lipinski definition) is 2. The Kier molecular flexibility index (Phi) is 6.35. The molecule has 1 aromatic carbocycles. The van der Waals surface area contributed by atoms with Crippen molar-refractivity contribution in [2.45, 2.75) is 25.1 Å². The Morgan fingerprint density at radius 3 is 2.86 bits per heavy atom. The molecule has 2 bridgehead atoms. The highest BCUT2D eigenvalue weighted by molar-refractivity contribution is 6.04. The van der Waals surface area contributed by atoms with Crippen molar-refractivity contribution in [3.05, 3.63) is 54.4 Å². The molecule has 1 atom stereocenters. The van der Waals surface area contributed by atoms with E-state index in [1.807, 2.05) is 0 Å². The number of alkyl halides is 3. The van der Waals surface area contributed by atoms with Gasteiger partial charge in [-0.05, 0) is 30.7 Å². The number of nitrogens with zero attached hydrogens (tertiary/aromatic N) is 5. The molecule has 5 rings (SSSR count). The van der Waals surface area contributed by atoms with Crippen LogP contribution in [0.3, 0.4) is 0 Å². The lowest BCUT2D eigenvalue weighted by atomic mass is 10.1. The summed E-state index contributed by atoms with van der Waals surface area (Å²) in [7, 11) is 0. The highest BCUT2D eigenvalue weighted by Crippen LogP contribution is 2.41. The molecular formula is C24H23F3N6O3. The number of rotatable bonds is 6. The van der Waals surface area contributed by atoms with Gasteiger partial charge in [-0.2, -0.15) is 18.2 Å². The van der Waals surface area contributed by atoms with Crippen LogP contribution >= 0.6 is 0 Å². The molecule has 1 fully saturated rings. The van der Waals surface area contributed by atoms with Crippen LogP contribution in [0.4, 0.5) is 35.3 Å². The first kappa shape index (κ1) is 23.8. The molecule has 0 saturated carbocycles. The molecule has 4 heterocycles. The van der Waals surface area contributed by atoms with Crippen LogP contribution in [0.1, 0.15) is 18.4 Å². The van der Waals surface area contributed by atoms with Gasteiger partial charge in [0, 0.05) is 31.7 Å². The summed E-state index contributed by atoms with van der Waals surface area (Å²) >= 11 is 0. The Bertz CT molecular complexity index is 1270. The number of fused-ring (bicyclic) bond motifs is 4. The largest absolute Gasteiger partial charge is 0.476 e. The van der Waals surface area contributed by atoms with E-state index in [9.17, 15) is 18.0 Å². The summed E-state index contributed by atoms with van der Waals surface area (Å²) in [5.41, 5.74) is 0.609. The summed E-state index contributed by atoms with van der Waals surface area (Å²) in [6.07, 6.45) is -0.534. The standard InChI is InChI=1S/C24H23F3N6O3/c25-24(26,27)16-4-1-3-15(11-16)18-5-6-19-22(29-18)33(17-7-8-32(19)14-17)23(35)31-20-12-28-13-21(30-20)36-10-2-9-34/h1,3-6,11-13,17,34H,2,7-10,14H2,(H,30,31,35)/t17-/m0/s1. The van der Waals surface area contributed by atoms with E-state index in [1.54, 1.807) is 18.2 Å². The predicted octanol–water partition coefficient (Wildman–Crippen LogP) is 3.95. The first-order valence-electron chi connectivity index (χ1n) is 11.4. The second-order valence-corrected chi connectivity index (χ2v) is 8.47. The molecule has 0 aliphatic carbocycles. The van der Waals surface area contributed by atoms with Gasteiger partial charge in [-0.15, -0.1) is 0 Å². The van der Waals surface area contributed by atoms with E-state index < -0.39 is 17.8 Å². The van der Waals surface area contributed by atoms with Crippen LogP contribution in [-0.4, -0.2) is 58.4 Å². The third-order valence-corrected chi connectivity index (χ3v) is 6.06. The molecule has 9 nitrogen and oxygen atoms in total. The average molecular weight is 500 g/mol. The maximum atomic E-state index is 13.4. The van der Waals surface area contributed by atoms with Gasteiger partial charge in [0.25, 0.3) is 0 Å². The summed E-state index contributed by atoms with van der Waals surface area (Å²) in [5.74, 6) is 0.759. The van der Waals surface area contributed by atoms with Crippen molar-refractivity contribution in [1.82, 2.24) is 15.0 Å². The molecule has 2 aromatic heterocycles. The van der Waals surface area contributed by atoms with Gasteiger partial charge in [0.1, 0.15) is 0 Å². The van der Waals surface area contributed by atoms with Crippen molar-refractivity contribution < 1.29 is 27.8 Å². The van der Waals surface area contributed by atoms with Crippen LogP contribution in [0.5, 0.6) is 5.88 Å². The van der Waals surface area contributed by atoms with Gasteiger partial charge in [-0.1, -0.05) is 12.1 Å². The summed E-state index contributed by atoms with van der Waals surface area (Å²) < 4.78 is 45.1. The van der Waals surface area contributed by atoms with Crippen molar-refractivity contribution >= 4 is 23.4 Å². The van der Waals surface area contributed by atoms with Gasteiger partial charge in [-0.3, -0.25) is 15.2 Å². The minimum Gasteiger partial charge on any atom is -0.476 e. The van der Waals surface area contributed by atoms with E-state index in [1.165, 1.54) is 23.4 Å². The highest BCUT2D eigenvalue weighted by atomic mass is 19.4. The van der Waals surface area contributed by atoms with Gasteiger partial charge < -0.3 is 14.7 Å². The number of amides is 2. The van der Waals surface area contributed by atoms with E-state index in [0.29, 0.717) is 30.0 Å².